The Morgan fingerprint density at radius 3 is 2.62 bits per heavy atom. The quantitative estimate of drug-likeness (QED) is 0.603. The second-order valence-electron chi connectivity index (χ2n) is 5.46. The number of hydrogen-bond acceptors (Lipinski definition) is 4. The molecule has 3 aromatic rings. The fourth-order valence-electron chi connectivity index (χ4n) is 2.24. The van der Waals surface area contributed by atoms with Gasteiger partial charge in [0.2, 0.25) is 5.82 Å². The molecule has 6 heteroatoms. The van der Waals surface area contributed by atoms with E-state index < -0.39 is 0 Å². The Kier molecular flexibility index (Phi) is 5.43. The van der Waals surface area contributed by atoms with E-state index in [1.54, 1.807) is 4.80 Å². The summed E-state index contributed by atoms with van der Waals surface area (Å²) in [7, 11) is 0. The van der Waals surface area contributed by atoms with Gasteiger partial charge >= 0.3 is 0 Å². The normalized spacial score (nSPS) is 10.8. The summed E-state index contributed by atoms with van der Waals surface area (Å²) in [5.74, 6) is 1.44. The average molecular weight is 343 g/mol. The molecule has 0 saturated heterocycles. The molecule has 1 heterocycles. The van der Waals surface area contributed by atoms with Crippen molar-refractivity contribution in [1.82, 2.24) is 20.2 Å². The molecule has 0 amide bonds. The Balaban J connectivity index is 1.68. The molecular formula is C18H19ClN4O. The maximum Gasteiger partial charge on any atom is 0.204 e. The van der Waals surface area contributed by atoms with E-state index in [0.29, 0.717) is 17.4 Å². The molecule has 0 radical (unpaired) electrons. The Bertz CT molecular complexity index is 786. The number of ether oxygens (including phenoxy) is 1. The van der Waals surface area contributed by atoms with Crippen LogP contribution in [0.5, 0.6) is 5.75 Å². The Morgan fingerprint density at radius 2 is 1.88 bits per heavy atom. The van der Waals surface area contributed by atoms with Crippen molar-refractivity contribution >= 4 is 11.6 Å². The summed E-state index contributed by atoms with van der Waals surface area (Å²) in [4.78, 5) is 1.54. The fourth-order valence-corrected chi connectivity index (χ4v) is 2.43. The van der Waals surface area contributed by atoms with Gasteiger partial charge in [-0.25, -0.2) is 0 Å². The lowest BCUT2D eigenvalue weighted by molar-refractivity contribution is 0.309. The monoisotopic (exact) mass is 342 g/mol. The third-order valence-corrected chi connectivity index (χ3v) is 3.97. The molecule has 0 spiro atoms. The van der Waals surface area contributed by atoms with Gasteiger partial charge in [0.25, 0.3) is 0 Å². The van der Waals surface area contributed by atoms with Crippen molar-refractivity contribution in [2.24, 2.45) is 0 Å². The predicted molar refractivity (Wildman–Crippen MR) is 94.2 cm³/mol. The maximum atomic E-state index is 6.16. The van der Waals surface area contributed by atoms with Crippen molar-refractivity contribution in [2.45, 2.75) is 26.3 Å². The van der Waals surface area contributed by atoms with E-state index >= 15 is 0 Å². The van der Waals surface area contributed by atoms with Gasteiger partial charge in [-0.15, -0.1) is 10.2 Å². The van der Waals surface area contributed by atoms with Crippen molar-refractivity contribution in [3.8, 4) is 17.1 Å². The zero-order valence-electron chi connectivity index (χ0n) is 13.5. The van der Waals surface area contributed by atoms with Crippen LogP contribution < -0.4 is 4.74 Å². The van der Waals surface area contributed by atoms with Crippen LogP contribution in [0.15, 0.2) is 48.5 Å². The van der Waals surface area contributed by atoms with Crippen LogP contribution in [0, 0.1) is 0 Å². The summed E-state index contributed by atoms with van der Waals surface area (Å²) in [6.07, 6.45) is 2.18. The molecule has 0 atom stereocenters. The molecule has 0 aliphatic carbocycles. The molecule has 5 nitrogen and oxygen atoms in total. The number of aromatic nitrogens is 4. The zero-order chi connectivity index (χ0) is 16.8. The minimum absolute atomic E-state index is 0.491. The number of unbranched alkanes of at least 4 members (excludes halogenated alkanes) is 1. The molecular weight excluding hydrogens is 324 g/mol. The van der Waals surface area contributed by atoms with E-state index in [2.05, 4.69) is 22.3 Å². The third-order valence-electron chi connectivity index (χ3n) is 3.60. The number of halogens is 1. The number of nitrogens with zero attached hydrogens (tertiary/aromatic N) is 4. The molecule has 3 rings (SSSR count). The molecule has 0 aliphatic heterocycles. The molecule has 2 aromatic carbocycles. The summed E-state index contributed by atoms with van der Waals surface area (Å²) in [6, 6.07) is 15.4. The first kappa shape index (κ1) is 16.5. The summed E-state index contributed by atoms with van der Waals surface area (Å²) in [6.45, 7) is 3.37. The lowest BCUT2D eigenvalue weighted by Crippen LogP contribution is -2.04. The second-order valence-corrected chi connectivity index (χ2v) is 5.87. The van der Waals surface area contributed by atoms with Gasteiger partial charge in [-0.3, -0.25) is 0 Å². The molecule has 0 N–H and O–H groups in total. The van der Waals surface area contributed by atoms with E-state index in [1.165, 1.54) is 0 Å². The van der Waals surface area contributed by atoms with E-state index in [-0.39, 0.29) is 0 Å². The SMILES string of the molecule is CCCCOc1ccc(-c2nnn(Cc3ccccc3Cl)n2)cc1. The largest absolute Gasteiger partial charge is 0.494 e. The topological polar surface area (TPSA) is 52.8 Å². The predicted octanol–water partition coefficient (Wildman–Crippen LogP) is 4.22. The van der Waals surface area contributed by atoms with Crippen molar-refractivity contribution < 1.29 is 4.74 Å². The zero-order valence-corrected chi connectivity index (χ0v) is 14.3. The van der Waals surface area contributed by atoms with Crippen LogP contribution in [-0.4, -0.2) is 26.8 Å². The van der Waals surface area contributed by atoms with Crippen LogP contribution in [0.3, 0.4) is 0 Å². The van der Waals surface area contributed by atoms with Crippen molar-refractivity contribution in [3.05, 3.63) is 59.1 Å². The molecule has 0 fully saturated rings. The van der Waals surface area contributed by atoms with Gasteiger partial charge in [0.15, 0.2) is 0 Å². The van der Waals surface area contributed by atoms with Crippen LogP contribution >= 0.6 is 11.6 Å². The molecule has 0 aliphatic rings. The highest BCUT2D eigenvalue weighted by Gasteiger charge is 2.08. The Hall–Kier alpha value is -2.40. The van der Waals surface area contributed by atoms with Crippen LogP contribution in [0.2, 0.25) is 5.02 Å². The first-order chi connectivity index (χ1) is 11.8. The van der Waals surface area contributed by atoms with E-state index in [0.717, 1.165) is 36.3 Å². The van der Waals surface area contributed by atoms with Crippen LogP contribution in [0.4, 0.5) is 0 Å². The fraction of sp³-hybridized carbons (Fsp3) is 0.278. The van der Waals surface area contributed by atoms with Gasteiger partial charge in [-0.1, -0.05) is 43.1 Å². The molecule has 24 heavy (non-hydrogen) atoms. The minimum atomic E-state index is 0.491. The summed E-state index contributed by atoms with van der Waals surface area (Å²) < 4.78 is 5.66. The van der Waals surface area contributed by atoms with E-state index in [9.17, 15) is 0 Å². The van der Waals surface area contributed by atoms with Crippen LogP contribution in [0.25, 0.3) is 11.4 Å². The second kappa shape index (κ2) is 7.93. The Labute approximate surface area is 146 Å². The van der Waals surface area contributed by atoms with Gasteiger partial charge in [0.1, 0.15) is 5.75 Å². The first-order valence-electron chi connectivity index (χ1n) is 8.00. The van der Waals surface area contributed by atoms with Crippen molar-refractivity contribution in [1.29, 1.82) is 0 Å². The molecule has 0 saturated carbocycles. The van der Waals surface area contributed by atoms with Crippen LogP contribution in [-0.2, 0) is 6.54 Å². The van der Waals surface area contributed by atoms with Gasteiger partial charge in [0.05, 0.1) is 13.2 Å². The highest BCUT2D eigenvalue weighted by molar-refractivity contribution is 6.31. The maximum absolute atomic E-state index is 6.16. The summed E-state index contributed by atoms with van der Waals surface area (Å²) in [5.41, 5.74) is 1.87. The lowest BCUT2D eigenvalue weighted by Gasteiger charge is -2.05. The molecule has 0 bridgehead atoms. The van der Waals surface area contributed by atoms with E-state index in [4.69, 9.17) is 16.3 Å². The van der Waals surface area contributed by atoms with E-state index in [1.807, 2.05) is 48.5 Å². The highest BCUT2D eigenvalue weighted by Crippen LogP contribution is 2.20. The number of tetrazole rings is 1. The number of benzene rings is 2. The summed E-state index contributed by atoms with van der Waals surface area (Å²) >= 11 is 6.16. The smallest absolute Gasteiger partial charge is 0.204 e. The van der Waals surface area contributed by atoms with Gasteiger partial charge < -0.3 is 4.74 Å². The van der Waals surface area contributed by atoms with Crippen molar-refractivity contribution in [3.63, 3.8) is 0 Å². The van der Waals surface area contributed by atoms with Gasteiger partial charge in [0, 0.05) is 10.6 Å². The number of rotatable bonds is 7. The Morgan fingerprint density at radius 1 is 1.08 bits per heavy atom. The number of hydrogen-bond donors (Lipinski definition) is 0. The molecule has 1 aromatic heterocycles. The molecule has 124 valence electrons. The molecule has 0 unspecified atom stereocenters. The van der Waals surface area contributed by atoms with Gasteiger partial charge in [-0.05, 0) is 47.5 Å². The van der Waals surface area contributed by atoms with Crippen LogP contribution in [0.1, 0.15) is 25.3 Å². The minimum Gasteiger partial charge on any atom is -0.494 e. The third kappa shape index (κ3) is 4.11. The van der Waals surface area contributed by atoms with Crippen molar-refractivity contribution in [2.75, 3.05) is 6.61 Å². The standard InChI is InChI=1S/C18H19ClN4O/c1-2-3-12-24-16-10-8-14(9-11-16)18-20-22-23(21-18)13-15-6-4-5-7-17(15)19/h4-11H,2-3,12-13H2,1H3. The first-order valence-corrected chi connectivity index (χ1v) is 8.38. The lowest BCUT2D eigenvalue weighted by atomic mass is 10.2. The average Bonchev–Trinajstić information content (AvgIpc) is 3.06. The van der Waals surface area contributed by atoms with Gasteiger partial charge in [-0.2, -0.15) is 4.80 Å². The summed E-state index contributed by atoms with van der Waals surface area (Å²) in [5, 5.41) is 13.3. The highest BCUT2D eigenvalue weighted by atomic mass is 35.5.